The van der Waals surface area contributed by atoms with Crippen LogP contribution in [-0.4, -0.2) is 14.9 Å². The van der Waals surface area contributed by atoms with Crippen LogP contribution in [0.3, 0.4) is 0 Å². The first-order chi connectivity index (χ1) is 13.6. The normalized spacial score (nSPS) is 12.4. The molecule has 0 amide bonds. The van der Waals surface area contributed by atoms with Crippen molar-refractivity contribution in [2.75, 3.05) is 0 Å². The number of aromatic nitrogens is 2. The van der Waals surface area contributed by atoms with Crippen molar-refractivity contribution in [3.63, 3.8) is 0 Å². The van der Waals surface area contributed by atoms with Gasteiger partial charge in [-0.2, -0.15) is 4.73 Å². The SMILES string of the molecule is CC=C/C=C(\C=C/C)c1c(-c2ccc(F)cc2)nc(-c2ccccc2Br)n1O. The molecule has 5 heteroatoms. The minimum Gasteiger partial charge on any atom is -0.426 e. The van der Waals surface area contributed by atoms with Crippen molar-refractivity contribution >= 4 is 21.5 Å². The van der Waals surface area contributed by atoms with E-state index in [1.54, 1.807) is 12.1 Å². The highest BCUT2D eigenvalue weighted by Gasteiger charge is 2.22. The molecule has 1 heterocycles. The molecule has 142 valence electrons. The number of rotatable bonds is 5. The van der Waals surface area contributed by atoms with Gasteiger partial charge >= 0.3 is 0 Å². The van der Waals surface area contributed by atoms with E-state index in [2.05, 4.69) is 15.9 Å². The second kappa shape index (κ2) is 8.85. The molecule has 0 aliphatic carbocycles. The summed E-state index contributed by atoms with van der Waals surface area (Å²) in [5.41, 5.74) is 3.36. The molecule has 2 aromatic carbocycles. The molecule has 0 saturated heterocycles. The zero-order valence-electron chi connectivity index (χ0n) is 15.6. The third kappa shape index (κ3) is 3.99. The lowest BCUT2D eigenvalue weighted by molar-refractivity contribution is 0.188. The van der Waals surface area contributed by atoms with Gasteiger partial charge in [-0.1, -0.05) is 58.4 Å². The monoisotopic (exact) mass is 438 g/mol. The minimum absolute atomic E-state index is 0.321. The molecule has 28 heavy (non-hydrogen) atoms. The fourth-order valence-electron chi connectivity index (χ4n) is 2.89. The molecule has 0 radical (unpaired) electrons. The van der Waals surface area contributed by atoms with Crippen molar-refractivity contribution < 1.29 is 9.60 Å². The minimum atomic E-state index is -0.321. The summed E-state index contributed by atoms with van der Waals surface area (Å²) >= 11 is 3.52. The molecule has 0 atom stereocenters. The van der Waals surface area contributed by atoms with Gasteiger partial charge in [0, 0.05) is 21.2 Å². The van der Waals surface area contributed by atoms with E-state index >= 15 is 0 Å². The van der Waals surface area contributed by atoms with Gasteiger partial charge in [0.2, 0.25) is 0 Å². The third-order valence-corrected chi connectivity index (χ3v) is 4.87. The van der Waals surface area contributed by atoms with Crippen LogP contribution in [0.1, 0.15) is 19.5 Å². The summed E-state index contributed by atoms with van der Waals surface area (Å²) in [5.74, 6) is 0.0792. The molecule has 0 aliphatic rings. The van der Waals surface area contributed by atoms with Crippen LogP contribution in [0.15, 0.2) is 83.4 Å². The van der Waals surface area contributed by atoms with Gasteiger partial charge in [0.15, 0.2) is 5.82 Å². The summed E-state index contributed by atoms with van der Waals surface area (Å²) in [6.07, 6.45) is 9.51. The lowest BCUT2D eigenvalue weighted by Crippen LogP contribution is -2.00. The van der Waals surface area contributed by atoms with Gasteiger partial charge in [0.05, 0.1) is 0 Å². The van der Waals surface area contributed by atoms with Crippen LogP contribution in [0.5, 0.6) is 0 Å². The predicted octanol–water partition coefficient (Wildman–Crippen LogP) is 6.89. The van der Waals surface area contributed by atoms with Gasteiger partial charge in [-0.15, -0.1) is 0 Å². The molecule has 0 fully saturated rings. The number of halogens is 2. The highest BCUT2D eigenvalue weighted by atomic mass is 79.9. The van der Waals surface area contributed by atoms with E-state index < -0.39 is 0 Å². The van der Waals surface area contributed by atoms with E-state index in [1.807, 2.05) is 68.5 Å². The highest BCUT2D eigenvalue weighted by Crippen LogP contribution is 2.35. The van der Waals surface area contributed by atoms with E-state index in [4.69, 9.17) is 4.98 Å². The Kier molecular flexibility index (Phi) is 6.26. The molecule has 0 spiro atoms. The maximum atomic E-state index is 13.4. The lowest BCUT2D eigenvalue weighted by atomic mass is 10.0. The second-order valence-corrected chi connectivity index (χ2v) is 6.93. The Morgan fingerprint density at radius 3 is 2.43 bits per heavy atom. The van der Waals surface area contributed by atoms with E-state index in [0.717, 1.165) is 20.3 Å². The molecule has 0 unspecified atom stereocenters. The summed E-state index contributed by atoms with van der Waals surface area (Å²) < 4.78 is 15.3. The maximum Gasteiger partial charge on any atom is 0.177 e. The van der Waals surface area contributed by atoms with Gasteiger partial charge in [-0.3, -0.25) is 0 Å². The van der Waals surface area contributed by atoms with Crippen molar-refractivity contribution in [2.24, 2.45) is 0 Å². The Balaban J connectivity index is 2.32. The molecule has 3 nitrogen and oxygen atoms in total. The van der Waals surface area contributed by atoms with E-state index in [1.165, 1.54) is 12.1 Å². The fourth-order valence-corrected chi connectivity index (χ4v) is 3.35. The summed E-state index contributed by atoms with van der Waals surface area (Å²) in [7, 11) is 0. The number of nitrogens with zero attached hydrogens (tertiary/aromatic N) is 2. The van der Waals surface area contributed by atoms with Gasteiger partial charge in [0.1, 0.15) is 17.2 Å². The number of hydrogen-bond acceptors (Lipinski definition) is 2. The van der Waals surface area contributed by atoms with E-state index in [0.29, 0.717) is 22.8 Å². The summed E-state index contributed by atoms with van der Waals surface area (Å²) in [4.78, 5) is 4.71. The van der Waals surface area contributed by atoms with Gasteiger partial charge < -0.3 is 5.21 Å². The Hall–Kier alpha value is -2.92. The summed E-state index contributed by atoms with van der Waals surface area (Å²) in [6.45, 7) is 3.83. The molecule has 0 saturated carbocycles. The predicted molar refractivity (Wildman–Crippen MR) is 116 cm³/mol. The number of allylic oxidation sites excluding steroid dienone is 6. The van der Waals surface area contributed by atoms with Crippen LogP contribution >= 0.6 is 15.9 Å². The molecule has 0 aliphatic heterocycles. The lowest BCUT2D eigenvalue weighted by Gasteiger charge is -2.08. The first kappa shape index (κ1) is 19.8. The summed E-state index contributed by atoms with van der Waals surface area (Å²) in [5, 5.41) is 11.1. The zero-order valence-corrected chi connectivity index (χ0v) is 17.2. The second-order valence-electron chi connectivity index (χ2n) is 6.08. The fraction of sp³-hybridized carbons (Fsp3) is 0.0870. The maximum absolute atomic E-state index is 13.4. The van der Waals surface area contributed by atoms with Crippen LogP contribution in [0.25, 0.3) is 28.2 Å². The van der Waals surface area contributed by atoms with E-state index in [-0.39, 0.29) is 5.82 Å². The first-order valence-corrected chi connectivity index (χ1v) is 9.65. The van der Waals surface area contributed by atoms with Crippen molar-refractivity contribution in [3.8, 4) is 22.6 Å². The molecule has 3 rings (SSSR count). The third-order valence-electron chi connectivity index (χ3n) is 4.17. The Labute approximate surface area is 172 Å². The van der Waals surface area contributed by atoms with Gasteiger partial charge in [0.25, 0.3) is 0 Å². The van der Waals surface area contributed by atoms with Crippen LogP contribution in [-0.2, 0) is 0 Å². The van der Waals surface area contributed by atoms with Crippen molar-refractivity contribution in [2.45, 2.75) is 13.8 Å². The Morgan fingerprint density at radius 2 is 1.79 bits per heavy atom. The first-order valence-electron chi connectivity index (χ1n) is 8.85. The van der Waals surface area contributed by atoms with Crippen molar-refractivity contribution in [3.05, 3.63) is 94.9 Å². The smallest absolute Gasteiger partial charge is 0.177 e. The van der Waals surface area contributed by atoms with Crippen LogP contribution in [0, 0.1) is 5.82 Å². The molecule has 1 aromatic heterocycles. The molecule has 0 bridgehead atoms. The van der Waals surface area contributed by atoms with Gasteiger partial charge in [-0.05, 0) is 50.2 Å². The highest BCUT2D eigenvalue weighted by molar-refractivity contribution is 9.10. The number of benzene rings is 2. The van der Waals surface area contributed by atoms with Crippen LogP contribution < -0.4 is 0 Å². The van der Waals surface area contributed by atoms with Crippen molar-refractivity contribution in [1.29, 1.82) is 0 Å². The largest absolute Gasteiger partial charge is 0.426 e. The quantitative estimate of drug-likeness (QED) is 0.347. The van der Waals surface area contributed by atoms with Gasteiger partial charge in [-0.25, -0.2) is 9.37 Å². The Morgan fingerprint density at radius 1 is 1.07 bits per heavy atom. The van der Waals surface area contributed by atoms with Crippen LogP contribution in [0.2, 0.25) is 0 Å². The number of hydrogen-bond donors (Lipinski definition) is 1. The molecule has 3 aromatic rings. The zero-order chi connectivity index (χ0) is 20.1. The number of imidazole rings is 1. The Bertz CT molecular complexity index is 1060. The average molecular weight is 439 g/mol. The average Bonchev–Trinajstić information content (AvgIpc) is 3.03. The van der Waals surface area contributed by atoms with Crippen molar-refractivity contribution in [1.82, 2.24) is 9.71 Å². The van der Waals surface area contributed by atoms with Crippen LogP contribution in [0.4, 0.5) is 4.39 Å². The van der Waals surface area contributed by atoms with E-state index in [9.17, 15) is 9.60 Å². The summed E-state index contributed by atoms with van der Waals surface area (Å²) in [6, 6.07) is 13.6. The molecular formula is C23H20BrFN2O. The molecule has 1 N–H and O–H groups in total. The topological polar surface area (TPSA) is 38.0 Å². The standard InChI is InChI=1S/C23H20BrFN2O/c1-3-5-9-17(8-4-2)22-21(16-12-14-18(25)15-13-16)26-23(27(22)28)19-10-6-7-11-20(19)24/h3-15,28H,1-2H3/b5-3?,8-4-,17-9+. The molecular weight excluding hydrogens is 419 g/mol.